The number of allylic oxidation sites excluding steroid dienone is 4. The van der Waals surface area contributed by atoms with Crippen molar-refractivity contribution in [2.24, 2.45) is 11.8 Å². The number of Topliss-reactive ketones (excluding diaryl/α,β-unsaturated/α-hetero) is 1. The van der Waals surface area contributed by atoms with Crippen molar-refractivity contribution in [3.8, 4) is 0 Å². The van der Waals surface area contributed by atoms with E-state index in [9.17, 15) is 4.79 Å². The van der Waals surface area contributed by atoms with Crippen molar-refractivity contribution in [2.75, 3.05) is 13.1 Å². The number of carbonyl (C=O) groups excluding carboxylic acids is 1. The van der Waals surface area contributed by atoms with Gasteiger partial charge in [0.2, 0.25) is 0 Å². The summed E-state index contributed by atoms with van der Waals surface area (Å²) in [6.07, 6.45) is 8.29. The van der Waals surface area contributed by atoms with Crippen molar-refractivity contribution in [2.45, 2.75) is 12.8 Å². The highest BCUT2D eigenvalue weighted by Gasteiger charge is 2.30. The fraction of sp³-hybridized carbons (Fsp3) is 0.353. The van der Waals surface area contributed by atoms with Gasteiger partial charge < -0.3 is 5.32 Å². The lowest BCUT2D eigenvalue weighted by atomic mass is 9.77. The molecule has 2 heteroatoms. The number of ketones is 1. The van der Waals surface area contributed by atoms with E-state index in [4.69, 9.17) is 0 Å². The lowest BCUT2D eigenvalue weighted by Crippen LogP contribution is -2.34. The molecule has 1 aromatic rings. The zero-order chi connectivity index (χ0) is 13.1. The lowest BCUT2D eigenvalue weighted by molar-refractivity contribution is -0.117. The van der Waals surface area contributed by atoms with Crippen LogP contribution in [-0.2, 0) is 4.79 Å². The van der Waals surface area contributed by atoms with Crippen LogP contribution in [-0.4, -0.2) is 18.9 Å². The number of hydrogen-bond acceptors (Lipinski definition) is 2. The standard InChI is InChI=1S/C17H19NO/c19-17-15(13-5-2-1-3-6-13)7-4-8-16(17)14-9-11-18-12-10-14/h1-8,14,16,18H,9-12H2. The quantitative estimate of drug-likeness (QED) is 0.878. The second-order valence-corrected chi connectivity index (χ2v) is 5.31. The van der Waals surface area contributed by atoms with Crippen molar-refractivity contribution >= 4 is 11.4 Å². The van der Waals surface area contributed by atoms with Crippen LogP contribution >= 0.6 is 0 Å². The molecular formula is C17H19NO. The van der Waals surface area contributed by atoms with Gasteiger partial charge in [-0.1, -0.05) is 48.6 Å². The number of hydrogen-bond donors (Lipinski definition) is 1. The summed E-state index contributed by atoms with van der Waals surface area (Å²) < 4.78 is 0. The summed E-state index contributed by atoms with van der Waals surface area (Å²) in [5.41, 5.74) is 1.91. The van der Waals surface area contributed by atoms with Gasteiger partial charge in [-0.15, -0.1) is 0 Å². The molecule has 1 aliphatic heterocycles. The molecule has 0 saturated carbocycles. The number of nitrogens with one attached hydrogen (secondary N) is 1. The molecule has 0 spiro atoms. The summed E-state index contributed by atoms with van der Waals surface area (Å²) in [6, 6.07) is 9.99. The van der Waals surface area contributed by atoms with Gasteiger partial charge in [-0.05, 0) is 37.4 Å². The molecule has 3 rings (SSSR count). The molecule has 2 nitrogen and oxygen atoms in total. The number of carbonyl (C=O) groups is 1. The van der Waals surface area contributed by atoms with Crippen molar-refractivity contribution in [1.29, 1.82) is 0 Å². The minimum absolute atomic E-state index is 0.0716. The molecule has 98 valence electrons. The van der Waals surface area contributed by atoms with Crippen LogP contribution in [0.5, 0.6) is 0 Å². The van der Waals surface area contributed by atoms with Crippen LogP contribution in [0.25, 0.3) is 5.57 Å². The van der Waals surface area contributed by atoms with E-state index in [0.717, 1.165) is 37.1 Å². The normalized spacial score (nSPS) is 24.3. The van der Waals surface area contributed by atoms with Crippen LogP contribution in [0.15, 0.2) is 48.6 Å². The van der Waals surface area contributed by atoms with E-state index in [-0.39, 0.29) is 5.92 Å². The SMILES string of the molecule is O=C1C(c2ccccc2)=CC=CC1C1CCNCC1. The Kier molecular flexibility index (Phi) is 3.60. The average Bonchev–Trinajstić information content (AvgIpc) is 2.49. The highest BCUT2D eigenvalue weighted by molar-refractivity contribution is 6.23. The zero-order valence-corrected chi connectivity index (χ0v) is 11.0. The first-order valence-corrected chi connectivity index (χ1v) is 7.05. The number of piperidine rings is 1. The first-order valence-electron chi connectivity index (χ1n) is 7.05. The smallest absolute Gasteiger partial charge is 0.170 e. The summed E-state index contributed by atoms with van der Waals surface area (Å²) in [5, 5.41) is 3.36. The maximum atomic E-state index is 12.7. The lowest BCUT2D eigenvalue weighted by Gasteiger charge is -2.29. The van der Waals surface area contributed by atoms with Crippen LogP contribution in [0.1, 0.15) is 18.4 Å². The van der Waals surface area contributed by atoms with Crippen LogP contribution in [0.2, 0.25) is 0 Å². The maximum Gasteiger partial charge on any atom is 0.170 e. The Hall–Kier alpha value is -1.67. The van der Waals surface area contributed by atoms with Gasteiger partial charge in [0.15, 0.2) is 5.78 Å². The maximum absolute atomic E-state index is 12.7. The zero-order valence-electron chi connectivity index (χ0n) is 11.0. The van der Waals surface area contributed by atoms with E-state index < -0.39 is 0 Å². The van der Waals surface area contributed by atoms with Crippen molar-refractivity contribution in [3.63, 3.8) is 0 Å². The summed E-state index contributed by atoms with van der Waals surface area (Å²) in [5.74, 6) is 0.861. The van der Waals surface area contributed by atoms with Crippen LogP contribution < -0.4 is 5.32 Å². The van der Waals surface area contributed by atoms with Crippen molar-refractivity contribution in [3.05, 3.63) is 54.1 Å². The van der Waals surface area contributed by atoms with E-state index in [2.05, 4.69) is 17.5 Å². The first kappa shape index (κ1) is 12.4. The Morgan fingerprint density at radius 1 is 1.05 bits per heavy atom. The molecule has 1 aliphatic carbocycles. The van der Waals surface area contributed by atoms with Crippen LogP contribution in [0.4, 0.5) is 0 Å². The molecular weight excluding hydrogens is 234 g/mol. The van der Waals surface area contributed by atoms with E-state index in [1.807, 2.05) is 36.4 Å². The van der Waals surface area contributed by atoms with E-state index in [1.165, 1.54) is 0 Å². The minimum atomic E-state index is 0.0716. The average molecular weight is 253 g/mol. The third kappa shape index (κ3) is 2.54. The summed E-state index contributed by atoms with van der Waals surface area (Å²) in [4.78, 5) is 12.7. The third-order valence-corrected chi connectivity index (χ3v) is 4.13. The minimum Gasteiger partial charge on any atom is -0.317 e. The predicted octanol–water partition coefficient (Wildman–Crippen LogP) is 2.82. The van der Waals surface area contributed by atoms with E-state index in [0.29, 0.717) is 11.7 Å². The Labute approximate surface area is 114 Å². The molecule has 19 heavy (non-hydrogen) atoms. The van der Waals surface area contributed by atoms with Crippen LogP contribution in [0.3, 0.4) is 0 Å². The van der Waals surface area contributed by atoms with Gasteiger partial charge in [0.05, 0.1) is 0 Å². The molecule has 1 saturated heterocycles. The molecule has 1 unspecified atom stereocenters. The molecule has 0 radical (unpaired) electrons. The molecule has 0 bridgehead atoms. The van der Waals surface area contributed by atoms with E-state index in [1.54, 1.807) is 0 Å². The fourth-order valence-electron chi connectivity index (χ4n) is 3.05. The molecule has 0 amide bonds. The van der Waals surface area contributed by atoms with Gasteiger partial charge in [0, 0.05) is 11.5 Å². The Balaban J connectivity index is 1.83. The molecule has 0 aromatic heterocycles. The Morgan fingerprint density at radius 2 is 1.79 bits per heavy atom. The topological polar surface area (TPSA) is 29.1 Å². The molecule has 2 aliphatic rings. The number of benzene rings is 1. The first-order chi connectivity index (χ1) is 9.36. The summed E-state index contributed by atoms with van der Waals surface area (Å²) in [7, 11) is 0. The van der Waals surface area contributed by atoms with Gasteiger partial charge in [-0.2, -0.15) is 0 Å². The molecule has 1 N–H and O–H groups in total. The van der Waals surface area contributed by atoms with Gasteiger partial charge in [-0.25, -0.2) is 0 Å². The van der Waals surface area contributed by atoms with Gasteiger partial charge in [0.25, 0.3) is 0 Å². The fourth-order valence-corrected chi connectivity index (χ4v) is 3.05. The Morgan fingerprint density at radius 3 is 2.53 bits per heavy atom. The largest absolute Gasteiger partial charge is 0.317 e. The second-order valence-electron chi connectivity index (χ2n) is 5.31. The van der Waals surface area contributed by atoms with Gasteiger partial charge in [0.1, 0.15) is 0 Å². The third-order valence-electron chi connectivity index (χ3n) is 4.13. The van der Waals surface area contributed by atoms with E-state index >= 15 is 0 Å². The highest BCUT2D eigenvalue weighted by Crippen LogP contribution is 2.32. The monoisotopic (exact) mass is 253 g/mol. The van der Waals surface area contributed by atoms with Crippen molar-refractivity contribution in [1.82, 2.24) is 5.32 Å². The molecule has 1 heterocycles. The Bertz CT molecular complexity index is 509. The molecule has 1 aromatic carbocycles. The van der Waals surface area contributed by atoms with Crippen LogP contribution in [0, 0.1) is 11.8 Å². The van der Waals surface area contributed by atoms with Gasteiger partial charge >= 0.3 is 0 Å². The second kappa shape index (κ2) is 5.54. The number of rotatable bonds is 2. The summed E-state index contributed by atoms with van der Waals surface area (Å²) >= 11 is 0. The highest BCUT2D eigenvalue weighted by atomic mass is 16.1. The predicted molar refractivity (Wildman–Crippen MR) is 77.6 cm³/mol. The summed E-state index contributed by atoms with van der Waals surface area (Å²) in [6.45, 7) is 2.07. The molecule has 1 fully saturated rings. The van der Waals surface area contributed by atoms with Crippen molar-refractivity contribution < 1.29 is 4.79 Å². The van der Waals surface area contributed by atoms with Gasteiger partial charge in [-0.3, -0.25) is 4.79 Å². The molecule has 1 atom stereocenters.